The van der Waals surface area contributed by atoms with Crippen LogP contribution in [0, 0.1) is 5.82 Å². The van der Waals surface area contributed by atoms with Crippen molar-refractivity contribution in [3.63, 3.8) is 0 Å². The van der Waals surface area contributed by atoms with Crippen molar-refractivity contribution in [2.75, 3.05) is 11.1 Å². The Morgan fingerprint density at radius 2 is 1.91 bits per heavy atom. The summed E-state index contributed by atoms with van der Waals surface area (Å²) in [6, 6.07) is 15.7. The topological polar surface area (TPSA) is 98.7 Å². The summed E-state index contributed by atoms with van der Waals surface area (Å²) in [4.78, 5) is 16.6. The summed E-state index contributed by atoms with van der Waals surface area (Å²) in [5.74, 6) is -0.401. The van der Waals surface area contributed by atoms with Gasteiger partial charge in [0.1, 0.15) is 5.82 Å². The van der Waals surface area contributed by atoms with Gasteiger partial charge >= 0.3 is 0 Å². The quantitative estimate of drug-likeness (QED) is 0.414. The van der Waals surface area contributed by atoms with Gasteiger partial charge in [0.15, 0.2) is 0 Å². The van der Waals surface area contributed by atoms with Gasteiger partial charge in [0.2, 0.25) is 5.91 Å². The molecule has 1 amide bonds. The zero-order valence-electron chi connectivity index (χ0n) is 17.4. The standard InChI is InChI=1S/C24H23FN6O/c25-20-6-3-17(4-7-20)11-13-31-16-21(29-30-31)8-10-24(32)28-23-14-18(5-9-22(23)26)19-2-1-12-27-15-19/h1-7,9,12,14-16H,8,10-11,13,26H2,(H,28,32). The van der Waals surface area contributed by atoms with Crippen LogP contribution in [-0.2, 0) is 24.2 Å². The third kappa shape index (κ3) is 5.54. The number of nitrogens with two attached hydrogens (primary N) is 1. The molecule has 0 aliphatic carbocycles. The lowest BCUT2D eigenvalue weighted by Gasteiger charge is -2.10. The Labute approximate surface area is 185 Å². The Kier molecular flexibility index (Phi) is 6.50. The van der Waals surface area contributed by atoms with E-state index in [2.05, 4.69) is 20.6 Å². The predicted molar refractivity (Wildman–Crippen MR) is 121 cm³/mol. The van der Waals surface area contributed by atoms with Crippen LogP contribution < -0.4 is 11.1 Å². The Hall–Kier alpha value is -4.07. The minimum atomic E-state index is -0.249. The van der Waals surface area contributed by atoms with Crippen molar-refractivity contribution < 1.29 is 9.18 Å². The van der Waals surface area contributed by atoms with Crippen LogP contribution in [0.25, 0.3) is 11.1 Å². The third-order valence-corrected chi connectivity index (χ3v) is 5.06. The Morgan fingerprint density at radius 3 is 2.69 bits per heavy atom. The van der Waals surface area contributed by atoms with Gasteiger partial charge in [0, 0.05) is 43.5 Å². The van der Waals surface area contributed by atoms with Crippen LogP contribution in [0.15, 0.2) is 73.2 Å². The summed E-state index contributed by atoms with van der Waals surface area (Å²) in [5, 5.41) is 11.1. The molecule has 0 radical (unpaired) electrons. The highest BCUT2D eigenvalue weighted by molar-refractivity contribution is 5.95. The highest BCUT2D eigenvalue weighted by Gasteiger charge is 2.10. The molecule has 0 aliphatic rings. The molecule has 2 heterocycles. The molecule has 0 saturated heterocycles. The van der Waals surface area contributed by atoms with E-state index in [0.29, 0.717) is 24.3 Å². The molecule has 0 bridgehead atoms. The van der Waals surface area contributed by atoms with Crippen molar-refractivity contribution in [2.45, 2.75) is 25.8 Å². The highest BCUT2D eigenvalue weighted by atomic mass is 19.1. The van der Waals surface area contributed by atoms with E-state index in [4.69, 9.17) is 5.73 Å². The summed E-state index contributed by atoms with van der Waals surface area (Å²) >= 11 is 0. The van der Waals surface area contributed by atoms with Gasteiger partial charge < -0.3 is 11.1 Å². The average molecular weight is 430 g/mol. The summed E-state index contributed by atoms with van der Waals surface area (Å²) in [5.41, 5.74) is 10.7. The minimum Gasteiger partial charge on any atom is -0.397 e. The van der Waals surface area contributed by atoms with E-state index in [1.165, 1.54) is 12.1 Å². The van der Waals surface area contributed by atoms with Crippen LogP contribution in [0.2, 0.25) is 0 Å². The zero-order chi connectivity index (χ0) is 22.3. The number of aryl methyl sites for hydroxylation is 3. The number of rotatable bonds is 8. The molecule has 0 saturated carbocycles. The third-order valence-electron chi connectivity index (χ3n) is 5.06. The molecule has 0 fully saturated rings. The number of nitrogens with one attached hydrogen (secondary N) is 1. The number of nitrogens with zero attached hydrogens (tertiary/aromatic N) is 4. The fraction of sp³-hybridized carbons (Fsp3) is 0.167. The van der Waals surface area contributed by atoms with E-state index >= 15 is 0 Å². The van der Waals surface area contributed by atoms with Crippen molar-refractivity contribution in [1.82, 2.24) is 20.0 Å². The second-order valence-corrected chi connectivity index (χ2v) is 7.44. The van der Waals surface area contributed by atoms with E-state index in [9.17, 15) is 9.18 Å². The SMILES string of the molecule is Nc1ccc(-c2cccnc2)cc1NC(=O)CCc1cn(CCc2ccc(F)cc2)nn1. The lowest BCUT2D eigenvalue weighted by Crippen LogP contribution is -2.13. The van der Waals surface area contributed by atoms with Crippen molar-refractivity contribution in [2.24, 2.45) is 0 Å². The number of hydrogen-bond donors (Lipinski definition) is 2. The van der Waals surface area contributed by atoms with Crippen molar-refractivity contribution in [3.8, 4) is 11.1 Å². The van der Waals surface area contributed by atoms with E-state index in [-0.39, 0.29) is 18.1 Å². The number of aromatic nitrogens is 4. The zero-order valence-corrected chi connectivity index (χ0v) is 17.4. The smallest absolute Gasteiger partial charge is 0.224 e. The summed E-state index contributed by atoms with van der Waals surface area (Å²) in [6.07, 6.45) is 6.74. The Balaban J connectivity index is 1.30. The number of amides is 1. The molecule has 4 aromatic rings. The van der Waals surface area contributed by atoms with Gasteiger partial charge in [-0.25, -0.2) is 4.39 Å². The van der Waals surface area contributed by atoms with Gasteiger partial charge in [-0.3, -0.25) is 14.5 Å². The van der Waals surface area contributed by atoms with E-state index in [0.717, 1.165) is 28.8 Å². The first-order chi connectivity index (χ1) is 15.6. The molecule has 32 heavy (non-hydrogen) atoms. The molecule has 2 aromatic heterocycles. The maximum atomic E-state index is 13.0. The van der Waals surface area contributed by atoms with Crippen LogP contribution >= 0.6 is 0 Å². The first-order valence-corrected chi connectivity index (χ1v) is 10.3. The van der Waals surface area contributed by atoms with Crippen LogP contribution in [0.5, 0.6) is 0 Å². The van der Waals surface area contributed by atoms with Crippen molar-refractivity contribution >= 4 is 17.3 Å². The number of benzene rings is 2. The molecule has 0 aliphatic heterocycles. The number of carbonyl (C=O) groups excluding carboxylic acids is 1. The van der Waals surface area contributed by atoms with Crippen molar-refractivity contribution in [3.05, 3.63) is 90.3 Å². The number of halogens is 1. The number of carbonyl (C=O) groups is 1. The van der Waals surface area contributed by atoms with Gasteiger partial charge in [-0.05, 0) is 47.9 Å². The molecule has 2 aromatic carbocycles. The molecular formula is C24H23FN6O. The first kappa shape index (κ1) is 21.2. The molecule has 8 heteroatoms. The second-order valence-electron chi connectivity index (χ2n) is 7.44. The maximum Gasteiger partial charge on any atom is 0.224 e. The highest BCUT2D eigenvalue weighted by Crippen LogP contribution is 2.27. The normalized spacial score (nSPS) is 10.8. The Morgan fingerprint density at radius 1 is 1.06 bits per heavy atom. The molecule has 0 unspecified atom stereocenters. The number of pyridine rings is 1. The molecule has 4 rings (SSSR count). The maximum absolute atomic E-state index is 13.0. The summed E-state index contributed by atoms with van der Waals surface area (Å²) in [6.45, 7) is 0.627. The van der Waals surface area contributed by atoms with E-state index in [1.54, 1.807) is 35.3 Å². The largest absolute Gasteiger partial charge is 0.397 e. The van der Waals surface area contributed by atoms with Gasteiger partial charge in [0.25, 0.3) is 0 Å². The van der Waals surface area contributed by atoms with Gasteiger partial charge in [-0.2, -0.15) is 0 Å². The molecule has 0 atom stereocenters. The van der Waals surface area contributed by atoms with Crippen LogP contribution in [0.4, 0.5) is 15.8 Å². The second kappa shape index (κ2) is 9.82. The average Bonchev–Trinajstić information content (AvgIpc) is 3.27. The fourth-order valence-electron chi connectivity index (χ4n) is 3.29. The van der Waals surface area contributed by atoms with E-state index in [1.807, 2.05) is 30.5 Å². The van der Waals surface area contributed by atoms with Crippen LogP contribution in [0.3, 0.4) is 0 Å². The Bertz CT molecular complexity index is 1190. The summed E-state index contributed by atoms with van der Waals surface area (Å²) < 4.78 is 14.7. The lowest BCUT2D eigenvalue weighted by molar-refractivity contribution is -0.116. The number of nitrogen functional groups attached to an aromatic ring is 1. The molecular weight excluding hydrogens is 407 g/mol. The van der Waals surface area contributed by atoms with Crippen molar-refractivity contribution in [1.29, 1.82) is 0 Å². The first-order valence-electron chi connectivity index (χ1n) is 10.3. The molecule has 162 valence electrons. The molecule has 0 spiro atoms. The number of hydrogen-bond acceptors (Lipinski definition) is 5. The number of anilines is 2. The predicted octanol–water partition coefficient (Wildman–Crippen LogP) is 3.88. The van der Waals surface area contributed by atoms with Gasteiger partial charge in [-0.15, -0.1) is 5.10 Å². The van der Waals surface area contributed by atoms with Gasteiger partial charge in [-0.1, -0.05) is 29.5 Å². The monoisotopic (exact) mass is 430 g/mol. The van der Waals surface area contributed by atoms with E-state index < -0.39 is 0 Å². The fourth-order valence-corrected chi connectivity index (χ4v) is 3.29. The summed E-state index contributed by atoms with van der Waals surface area (Å²) in [7, 11) is 0. The minimum absolute atomic E-state index is 0.152. The van der Waals surface area contributed by atoms with Gasteiger partial charge in [0.05, 0.1) is 17.1 Å². The van der Waals surface area contributed by atoms with Crippen LogP contribution in [-0.4, -0.2) is 25.9 Å². The molecule has 7 nitrogen and oxygen atoms in total. The molecule has 3 N–H and O–H groups in total. The van der Waals surface area contributed by atoms with Crippen LogP contribution in [0.1, 0.15) is 17.7 Å². The lowest BCUT2D eigenvalue weighted by atomic mass is 10.1.